The predicted octanol–water partition coefficient (Wildman–Crippen LogP) is 3.22. The van der Waals surface area contributed by atoms with Gasteiger partial charge < -0.3 is 0 Å². The van der Waals surface area contributed by atoms with Gasteiger partial charge in [-0.05, 0) is 43.0 Å². The predicted molar refractivity (Wildman–Crippen MR) is 109 cm³/mol. The van der Waals surface area contributed by atoms with Crippen LogP contribution in [0.4, 0.5) is 0 Å². The average Bonchev–Trinajstić information content (AvgIpc) is 3.17. The van der Waals surface area contributed by atoms with E-state index in [-0.39, 0.29) is 22.5 Å². The Morgan fingerprint density at radius 2 is 1.96 bits per heavy atom. The minimum absolute atomic E-state index is 0.0465. The van der Waals surface area contributed by atoms with Gasteiger partial charge in [0.15, 0.2) is 0 Å². The second-order valence-corrected chi connectivity index (χ2v) is 9.36. The zero-order valence-electron chi connectivity index (χ0n) is 15.6. The standard InChI is InChI=1S/C20H23ClN4O2S/c1-25(28(26,27)20-12-17(21)10-9-16(20)14-22)11-5-8-18-13-19(24-23-18)15-6-3-2-4-7-15/h2-4,6-7,9-10,12,18-19,23-24H,5,8,11,13H2,1H3. The maximum atomic E-state index is 12.8. The Hall–Kier alpha value is -1.95. The van der Waals surface area contributed by atoms with Crippen LogP contribution in [0.5, 0.6) is 0 Å². The number of hydrogen-bond donors (Lipinski definition) is 2. The van der Waals surface area contributed by atoms with Crippen LogP contribution in [0.25, 0.3) is 0 Å². The van der Waals surface area contributed by atoms with Crippen molar-refractivity contribution in [3.05, 3.63) is 64.7 Å². The molecule has 0 aliphatic carbocycles. The number of sulfonamides is 1. The summed E-state index contributed by atoms with van der Waals surface area (Å²) in [6.07, 6.45) is 2.50. The first kappa shape index (κ1) is 20.8. The molecule has 148 valence electrons. The van der Waals surface area contributed by atoms with Crippen molar-refractivity contribution in [3.63, 3.8) is 0 Å². The van der Waals surface area contributed by atoms with Crippen LogP contribution in [0.15, 0.2) is 53.4 Å². The van der Waals surface area contributed by atoms with Crippen LogP contribution in [0.3, 0.4) is 0 Å². The lowest BCUT2D eigenvalue weighted by Crippen LogP contribution is -2.32. The van der Waals surface area contributed by atoms with Crippen molar-refractivity contribution in [2.45, 2.75) is 36.2 Å². The van der Waals surface area contributed by atoms with E-state index in [4.69, 9.17) is 11.6 Å². The number of nitrogens with one attached hydrogen (secondary N) is 2. The van der Waals surface area contributed by atoms with Gasteiger partial charge in [0.25, 0.3) is 0 Å². The van der Waals surface area contributed by atoms with E-state index in [9.17, 15) is 13.7 Å². The Labute approximate surface area is 171 Å². The molecular formula is C20H23ClN4O2S. The zero-order chi connectivity index (χ0) is 20.1. The molecule has 0 aromatic heterocycles. The highest BCUT2D eigenvalue weighted by atomic mass is 35.5. The third kappa shape index (κ3) is 4.72. The van der Waals surface area contributed by atoms with E-state index in [1.54, 1.807) is 0 Å². The average molecular weight is 419 g/mol. The van der Waals surface area contributed by atoms with Gasteiger partial charge in [0.05, 0.1) is 5.56 Å². The molecule has 0 bridgehead atoms. The summed E-state index contributed by atoms with van der Waals surface area (Å²) in [6, 6.07) is 17.0. The lowest BCUT2D eigenvalue weighted by atomic mass is 10.00. The summed E-state index contributed by atoms with van der Waals surface area (Å²) in [6.45, 7) is 0.369. The highest BCUT2D eigenvalue weighted by molar-refractivity contribution is 7.89. The molecule has 8 heteroatoms. The van der Waals surface area contributed by atoms with Crippen molar-refractivity contribution in [3.8, 4) is 6.07 Å². The molecular weight excluding hydrogens is 396 g/mol. The third-order valence-corrected chi connectivity index (χ3v) is 7.09. The largest absolute Gasteiger partial charge is 0.254 e. The van der Waals surface area contributed by atoms with Crippen LogP contribution in [-0.4, -0.2) is 32.4 Å². The Balaban J connectivity index is 1.55. The fourth-order valence-electron chi connectivity index (χ4n) is 3.37. The first-order chi connectivity index (χ1) is 13.4. The topological polar surface area (TPSA) is 85.2 Å². The van der Waals surface area contributed by atoms with Crippen LogP contribution in [0, 0.1) is 11.3 Å². The molecule has 1 fully saturated rings. The molecule has 0 saturated carbocycles. The summed E-state index contributed by atoms with van der Waals surface area (Å²) in [5.41, 5.74) is 7.94. The van der Waals surface area contributed by atoms with E-state index < -0.39 is 10.0 Å². The van der Waals surface area contributed by atoms with Gasteiger partial charge in [-0.2, -0.15) is 5.26 Å². The Morgan fingerprint density at radius 3 is 2.68 bits per heavy atom. The molecule has 2 aromatic rings. The van der Waals surface area contributed by atoms with Crippen LogP contribution >= 0.6 is 11.6 Å². The number of nitriles is 1. The van der Waals surface area contributed by atoms with E-state index in [0.29, 0.717) is 18.0 Å². The quantitative estimate of drug-likeness (QED) is 0.721. The summed E-state index contributed by atoms with van der Waals surface area (Å²) in [5.74, 6) is 0. The number of hydrazine groups is 1. The first-order valence-electron chi connectivity index (χ1n) is 9.14. The second kappa shape index (κ2) is 9.03. The molecule has 2 atom stereocenters. The monoisotopic (exact) mass is 418 g/mol. The maximum Gasteiger partial charge on any atom is 0.244 e. The molecule has 0 radical (unpaired) electrons. The molecule has 28 heavy (non-hydrogen) atoms. The van der Waals surface area contributed by atoms with Gasteiger partial charge in [-0.25, -0.2) is 12.7 Å². The van der Waals surface area contributed by atoms with Crippen molar-refractivity contribution in [2.75, 3.05) is 13.6 Å². The molecule has 6 nitrogen and oxygen atoms in total. The van der Waals surface area contributed by atoms with Crippen LogP contribution in [0.1, 0.15) is 36.4 Å². The smallest absolute Gasteiger partial charge is 0.244 e. The van der Waals surface area contributed by atoms with Gasteiger partial charge in [0.2, 0.25) is 10.0 Å². The summed E-state index contributed by atoms with van der Waals surface area (Å²) in [7, 11) is -2.23. The molecule has 1 aliphatic rings. The normalized spacial score (nSPS) is 19.6. The lowest BCUT2D eigenvalue weighted by molar-refractivity contribution is 0.428. The van der Waals surface area contributed by atoms with E-state index in [1.165, 1.54) is 35.1 Å². The van der Waals surface area contributed by atoms with E-state index >= 15 is 0 Å². The summed E-state index contributed by atoms with van der Waals surface area (Å²) < 4.78 is 26.9. The fraction of sp³-hybridized carbons (Fsp3) is 0.350. The van der Waals surface area contributed by atoms with Crippen molar-refractivity contribution >= 4 is 21.6 Å². The van der Waals surface area contributed by atoms with Crippen molar-refractivity contribution < 1.29 is 8.42 Å². The van der Waals surface area contributed by atoms with Gasteiger partial charge in [0.1, 0.15) is 11.0 Å². The van der Waals surface area contributed by atoms with Gasteiger partial charge >= 0.3 is 0 Å². The van der Waals surface area contributed by atoms with Crippen LogP contribution in [-0.2, 0) is 10.0 Å². The van der Waals surface area contributed by atoms with Crippen LogP contribution < -0.4 is 10.9 Å². The number of hydrogen-bond acceptors (Lipinski definition) is 5. The summed E-state index contributed by atoms with van der Waals surface area (Å²) in [5, 5.41) is 9.49. The summed E-state index contributed by atoms with van der Waals surface area (Å²) >= 11 is 5.93. The van der Waals surface area contributed by atoms with Crippen LogP contribution in [0.2, 0.25) is 5.02 Å². The first-order valence-corrected chi connectivity index (χ1v) is 11.0. The molecule has 3 rings (SSSR count). The third-order valence-electron chi connectivity index (χ3n) is 4.96. The van der Waals surface area contributed by atoms with E-state index in [1.807, 2.05) is 24.3 Å². The molecule has 2 aromatic carbocycles. The fourth-order valence-corrected chi connectivity index (χ4v) is 4.98. The summed E-state index contributed by atoms with van der Waals surface area (Å²) in [4.78, 5) is -0.0465. The van der Waals surface area contributed by atoms with Gasteiger partial charge in [-0.3, -0.25) is 10.9 Å². The molecule has 1 heterocycles. The van der Waals surface area contributed by atoms with Gasteiger partial charge in [0, 0.05) is 30.7 Å². The Bertz CT molecular complexity index is 960. The second-order valence-electron chi connectivity index (χ2n) is 6.91. The SMILES string of the molecule is CN(CCCC1CC(c2ccccc2)NN1)S(=O)(=O)c1cc(Cl)ccc1C#N. The molecule has 2 N–H and O–H groups in total. The minimum atomic E-state index is -3.76. The van der Waals surface area contributed by atoms with Gasteiger partial charge in [-0.1, -0.05) is 41.9 Å². The Kier molecular flexibility index (Phi) is 6.70. The minimum Gasteiger partial charge on any atom is -0.254 e. The van der Waals surface area contributed by atoms with Gasteiger partial charge in [-0.15, -0.1) is 0 Å². The number of halogens is 1. The molecule has 1 aliphatic heterocycles. The number of nitrogens with zero attached hydrogens (tertiary/aromatic N) is 2. The molecule has 2 unspecified atom stereocenters. The van der Waals surface area contributed by atoms with Crippen molar-refractivity contribution in [1.82, 2.24) is 15.2 Å². The lowest BCUT2D eigenvalue weighted by Gasteiger charge is -2.19. The number of rotatable bonds is 7. The Morgan fingerprint density at radius 1 is 1.21 bits per heavy atom. The molecule has 0 spiro atoms. The highest BCUT2D eigenvalue weighted by Crippen LogP contribution is 2.25. The van der Waals surface area contributed by atoms with E-state index in [2.05, 4.69) is 23.0 Å². The zero-order valence-corrected chi connectivity index (χ0v) is 17.2. The van der Waals surface area contributed by atoms with E-state index in [0.717, 1.165) is 12.8 Å². The number of benzene rings is 2. The maximum absolute atomic E-state index is 12.8. The molecule has 1 saturated heterocycles. The van der Waals surface area contributed by atoms with Crippen molar-refractivity contribution in [2.24, 2.45) is 0 Å². The highest BCUT2D eigenvalue weighted by Gasteiger charge is 2.27. The molecule has 0 amide bonds. The van der Waals surface area contributed by atoms with Crippen molar-refractivity contribution in [1.29, 1.82) is 5.26 Å².